The molecule has 0 aliphatic heterocycles. The monoisotopic (exact) mass is 366 g/mol. The van der Waals surface area contributed by atoms with Crippen molar-refractivity contribution in [3.05, 3.63) is 56.3 Å². The van der Waals surface area contributed by atoms with Crippen LogP contribution in [0.2, 0.25) is 0 Å². The summed E-state index contributed by atoms with van der Waals surface area (Å²) in [5.41, 5.74) is 1.76. The highest BCUT2D eigenvalue weighted by atomic mass is 79.9. The van der Waals surface area contributed by atoms with Gasteiger partial charge in [0.05, 0.1) is 4.47 Å². The zero-order valence-electron chi connectivity index (χ0n) is 11.5. The Labute approximate surface area is 137 Å². The predicted octanol–water partition coefficient (Wildman–Crippen LogP) is 5.29. The summed E-state index contributed by atoms with van der Waals surface area (Å²) < 4.78 is 15.2. The largest absolute Gasteiger partial charge is 0.346 e. The van der Waals surface area contributed by atoms with Gasteiger partial charge in [0.15, 0.2) is 0 Å². The van der Waals surface area contributed by atoms with Crippen LogP contribution in [-0.4, -0.2) is 9.97 Å². The number of aromatic nitrogens is 2. The average Bonchev–Trinajstić information content (AvgIpc) is 2.99. The second-order valence-electron chi connectivity index (χ2n) is 5.47. The molecule has 0 bridgehead atoms. The first-order valence-electron chi connectivity index (χ1n) is 7.17. The number of hydrogen-bond acceptors (Lipinski definition) is 2. The van der Waals surface area contributed by atoms with Crippen LogP contribution in [-0.2, 0) is 6.42 Å². The quantitative estimate of drug-likeness (QED) is 0.747. The molecule has 1 heterocycles. The van der Waals surface area contributed by atoms with Crippen LogP contribution in [0.1, 0.15) is 48.7 Å². The minimum absolute atomic E-state index is 0.205. The lowest BCUT2D eigenvalue weighted by atomic mass is 10.0. The number of nitrogens with one attached hydrogen (secondary N) is 1. The van der Waals surface area contributed by atoms with E-state index in [0.717, 1.165) is 16.0 Å². The van der Waals surface area contributed by atoms with Crippen LogP contribution in [0.15, 0.2) is 28.7 Å². The molecule has 2 nitrogen and oxygen atoms in total. The van der Waals surface area contributed by atoms with E-state index in [9.17, 15) is 4.39 Å². The molecule has 5 heteroatoms. The third-order valence-corrected chi connectivity index (χ3v) is 5.38. The van der Waals surface area contributed by atoms with Crippen LogP contribution in [0, 0.1) is 10.5 Å². The molecular formula is C16H16BrFN2S. The van der Waals surface area contributed by atoms with Gasteiger partial charge in [-0.05, 0) is 40.4 Å². The molecule has 1 aliphatic rings. The van der Waals surface area contributed by atoms with Gasteiger partial charge in [0.1, 0.15) is 16.3 Å². The number of benzene rings is 1. The van der Waals surface area contributed by atoms with Gasteiger partial charge in [-0.25, -0.2) is 9.37 Å². The van der Waals surface area contributed by atoms with E-state index < -0.39 is 0 Å². The summed E-state index contributed by atoms with van der Waals surface area (Å²) in [7, 11) is 0. The second-order valence-corrected chi connectivity index (χ2v) is 6.65. The summed E-state index contributed by atoms with van der Waals surface area (Å²) in [6, 6.07) is 6.79. The maximum atomic E-state index is 13.8. The molecule has 1 aromatic heterocycles. The van der Waals surface area contributed by atoms with Crippen LogP contribution in [0.25, 0.3) is 0 Å². The Kier molecular flexibility index (Phi) is 4.50. The van der Waals surface area contributed by atoms with E-state index in [0.29, 0.717) is 22.5 Å². The molecule has 0 amide bonds. The van der Waals surface area contributed by atoms with Gasteiger partial charge in [0.25, 0.3) is 0 Å². The zero-order valence-corrected chi connectivity index (χ0v) is 13.9. The number of hydrogen-bond donors (Lipinski definition) is 1. The van der Waals surface area contributed by atoms with Gasteiger partial charge < -0.3 is 4.98 Å². The van der Waals surface area contributed by atoms with Crippen LogP contribution in [0.4, 0.5) is 4.39 Å². The summed E-state index contributed by atoms with van der Waals surface area (Å²) in [4.78, 5) is 7.77. The minimum Gasteiger partial charge on any atom is -0.346 e. The van der Waals surface area contributed by atoms with Crippen molar-refractivity contribution in [2.75, 3.05) is 0 Å². The fourth-order valence-electron chi connectivity index (χ4n) is 2.93. The molecule has 0 atom stereocenters. The highest BCUT2D eigenvalue weighted by molar-refractivity contribution is 9.10. The summed E-state index contributed by atoms with van der Waals surface area (Å²) in [5, 5.41) is 0. The summed E-state index contributed by atoms with van der Waals surface area (Å²) in [5.74, 6) is 1.03. The zero-order chi connectivity index (χ0) is 14.8. The van der Waals surface area contributed by atoms with Gasteiger partial charge in [-0.2, -0.15) is 0 Å². The third kappa shape index (κ3) is 3.24. The van der Waals surface area contributed by atoms with E-state index in [1.165, 1.54) is 31.7 Å². The maximum Gasteiger partial charge on any atom is 0.144 e. The predicted molar refractivity (Wildman–Crippen MR) is 87.5 cm³/mol. The standard InChI is InChI=1S/C16H16BrFN2S/c17-14-15(10-5-1-2-6-10)19-13(20-16(14)21)9-11-7-3-4-8-12(11)18/h3-4,7-8,10H,1-2,5-6,9H2,(H,19,20,21). The molecule has 1 N–H and O–H groups in total. The lowest BCUT2D eigenvalue weighted by Crippen LogP contribution is -2.06. The van der Waals surface area contributed by atoms with Crippen LogP contribution < -0.4 is 0 Å². The first-order valence-corrected chi connectivity index (χ1v) is 8.37. The number of nitrogens with zero attached hydrogens (tertiary/aromatic N) is 1. The molecule has 3 rings (SSSR count). The Bertz CT molecular complexity index is 708. The normalized spacial score (nSPS) is 15.5. The fraction of sp³-hybridized carbons (Fsp3) is 0.375. The molecule has 0 spiro atoms. The lowest BCUT2D eigenvalue weighted by Gasteiger charge is -2.14. The van der Waals surface area contributed by atoms with E-state index in [2.05, 4.69) is 25.9 Å². The van der Waals surface area contributed by atoms with Gasteiger partial charge in [0, 0.05) is 18.0 Å². The van der Waals surface area contributed by atoms with E-state index in [4.69, 9.17) is 12.2 Å². The van der Waals surface area contributed by atoms with Crippen molar-refractivity contribution in [3.63, 3.8) is 0 Å². The van der Waals surface area contributed by atoms with Gasteiger partial charge >= 0.3 is 0 Å². The summed E-state index contributed by atoms with van der Waals surface area (Å²) >= 11 is 8.89. The fourth-order valence-corrected chi connectivity index (χ4v) is 3.66. The van der Waals surface area contributed by atoms with Crippen molar-refractivity contribution in [1.29, 1.82) is 0 Å². The number of halogens is 2. The van der Waals surface area contributed by atoms with E-state index in [1.54, 1.807) is 12.1 Å². The van der Waals surface area contributed by atoms with Crippen molar-refractivity contribution >= 4 is 28.1 Å². The van der Waals surface area contributed by atoms with Crippen molar-refractivity contribution in [2.45, 2.75) is 38.0 Å². The third-order valence-electron chi connectivity index (χ3n) is 4.02. The topological polar surface area (TPSA) is 28.7 Å². The molecule has 1 aromatic carbocycles. The highest BCUT2D eigenvalue weighted by Crippen LogP contribution is 2.36. The van der Waals surface area contributed by atoms with Crippen molar-refractivity contribution < 1.29 is 4.39 Å². The molecule has 0 radical (unpaired) electrons. The number of H-pyrrole nitrogens is 1. The Morgan fingerprint density at radius 3 is 2.71 bits per heavy atom. The van der Waals surface area contributed by atoms with Crippen molar-refractivity contribution in [3.8, 4) is 0 Å². The average molecular weight is 367 g/mol. The minimum atomic E-state index is -0.205. The Balaban J connectivity index is 1.96. The van der Waals surface area contributed by atoms with Gasteiger partial charge in [-0.1, -0.05) is 43.3 Å². The molecule has 110 valence electrons. The number of aromatic amines is 1. The van der Waals surface area contributed by atoms with Crippen LogP contribution in [0.5, 0.6) is 0 Å². The number of rotatable bonds is 3. The summed E-state index contributed by atoms with van der Waals surface area (Å²) in [6.07, 6.45) is 5.29. The molecule has 1 aliphatic carbocycles. The van der Waals surface area contributed by atoms with Gasteiger partial charge in [-0.3, -0.25) is 0 Å². The Morgan fingerprint density at radius 1 is 1.29 bits per heavy atom. The molecule has 0 unspecified atom stereocenters. The SMILES string of the molecule is Fc1ccccc1Cc1nc(=S)c(Br)c(C2CCCC2)[nH]1. The Hall–Kier alpha value is -1.07. The van der Waals surface area contributed by atoms with Gasteiger partial charge in [-0.15, -0.1) is 0 Å². The maximum absolute atomic E-state index is 13.8. The van der Waals surface area contributed by atoms with Crippen molar-refractivity contribution in [2.24, 2.45) is 0 Å². The molecule has 1 saturated carbocycles. The van der Waals surface area contributed by atoms with E-state index >= 15 is 0 Å². The molecule has 21 heavy (non-hydrogen) atoms. The lowest BCUT2D eigenvalue weighted by molar-refractivity contribution is 0.610. The molecule has 1 fully saturated rings. The molecular weight excluding hydrogens is 351 g/mol. The first kappa shape index (κ1) is 14.9. The Morgan fingerprint density at radius 2 is 2.00 bits per heavy atom. The van der Waals surface area contributed by atoms with Crippen LogP contribution in [0.3, 0.4) is 0 Å². The summed E-state index contributed by atoms with van der Waals surface area (Å²) in [6.45, 7) is 0. The van der Waals surface area contributed by atoms with E-state index in [-0.39, 0.29) is 5.82 Å². The molecule has 2 aromatic rings. The van der Waals surface area contributed by atoms with E-state index in [1.807, 2.05) is 6.07 Å². The highest BCUT2D eigenvalue weighted by Gasteiger charge is 2.21. The van der Waals surface area contributed by atoms with Crippen LogP contribution >= 0.6 is 28.1 Å². The van der Waals surface area contributed by atoms with Crippen molar-refractivity contribution in [1.82, 2.24) is 9.97 Å². The molecule has 0 saturated heterocycles. The smallest absolute Gasteiger partial charge is 0.144 e. The second kappa shape index (κ2) is 6.36. The first-order chi connectivity index (χ1) is 10.1. The van der Waals surface area contributed by atoms with Gasteiger partial charge in [0.2, 0.25) is 0 Å².